The monoisotopic (exact) mass is 403 g/mol. The Labute approximate surface area is 177 Å². The summed E-state index contributed by atoms with van der Waals surface area (Å²) in [6.07, 6.45) is 9.55. The molecule has 0 heterocycles. The van der Waals surface area contributed by atoms with Gasteiger partial charge in [0.1, 0.15) is 0 Å². The maximum atomic E-state index is 5.76. The first kappa shape index (κ1) is 23.7. The predicted octanol–water partition coefficient (Wildman–Crippen LogP) is 4.18. The highest BCUT2D eigenvalue weighted by atomic mass is 16.5. The fourth-order valence-corrected chi connectivity index (χ4v) is 4.04. The van der Waals surface area contributed by atoms with Gasteiger partial charge >= 0.3 is 0 Å². The van der Waals surface area contributed by atoms with Gasteiger partial charge in [-0.3, -0.25) is 4.99 Å². The molecule has 0 amide bonds. The SMILES string of the molecule is CCOCCC1(CNC(=NC)NCCCCOCCc2ccccc2)CCCC1. The summed E-state index contributed by atoms with van der Waals surface area (Å²) in [5.74, 6) is 0.915. The van der Waals surface area contributed by atoms with Gasteiger partial charge in [0.25, 0.3) is 0 Å². The average Bonchev–Trinajstić information content (AvgIpc) is 3.22. The van der Waals surface area contributed by atoms with Crippen molar-refractivity contribution >= 4 is 5.96 Å². The smallest absolute Gasteiger partial charge is 0.190 e. The number of rotatable bonds is 14. The predicted molar refractivity (Wildman–Crippen MR) is 122 cm³/mol. The van der Waals surface area contributed by atoms with Crippen LogP contribution >= 0.6 is 0 Å². The van der Waals surface area contributed by atoms with Crippen LogP contribution in [0.5, 0.6) is 0 Å². The summed E-state index contributed by atoms with van der Waals surface area (Å²) in [6, 6.07) is 10.5. The van der Waals surface area contributed by atoms with Gasteiger partial charge in [0.05, 0.1) is 6.61 Å². The Morgan fingerprint density at radius 1 is 1.00 bits per heavy atom. The second-order valence-corrected chi connectivity index (χ2v) is 8.06. The van der Waals surface area contributed by atoms with E-state index in [9.17, 15) is 0 Å². The van der Waals surface area contributed by atoms with E-state index in [4.69, 9.17) is 9.47 Å². The minimum Gasteiger partial charge on any atom is -0.382 e. The van der Waals surface area contributed by atoms with Crippen LogP contribution in [-0.4, -0.2) is 52.5 Å². The van der Waals surface area contributed by atoms with Gasteiger partial charge in [0, 0.05) is 40.0 Å². The topological polar surface area (TPSA) is 54.9 Å². The van der Waals surface area contributed by atoms with E-state index in [1.807, 2.05) is 7.05 Å². The molecule has 0 unspecified atom stereocenters. The summed E-state index contributed by atoms with van der Waals surface area (Å²) in [4.78, 5) is 4.39. The molecule has 0 saturated heterocycles. The van der Waals surface area contributed by atoms with Crippen molar-refractivity contribution in [3.05, 3.63) is 35.9 Å². The third-order valence-electron chi connectivity index (χ3n) is 5.89. The number of ether oxygens (including phenoxy) is 2. The van der Waals surface area contributed by atoms with Crippen molar-refractivity contribution in [2.75, 3.05) is 46.6 Å². The van der Waals surface area contributed by atoms with E-state index < -0.39 is 0 Å². The Morgan fingerprint density at radius 2 is 1.79 bits per heavy atom. The quantitative estimate of drug-likeness (QED) is 0.278. The van der Waals surface area contributed by atoms with E-state index in [1.165, 1.54) is 31.2 Å². The first-order valence-electron chi connectivity index (χ1n) is 11.4. The van der Waals surface area contributed by atoms with Crippen LogP contribution in [0.1, 0.15) is 57.4 Å². The molecule has 1 fully saturated rings. The first-order chi connectivity index (χ1) is 14.3. The zero-order valence-electron chi connectivity index (χ0n) is 18.5. The van der Waals surface area contributed by atoms with Crippen molar-refractivity contribution in [2.24, 2.45) is 10.4 Å². The molecule has 5 nitrogen and oxygen atoms in total. The third kappa shape index (κ3) is 9.64. The van der Waals surface area contributed by atoms with Gasteiger partial charge in [-0.15, -0.1) is 0 Å². The summed E-state index contributed by atoms with van der Waals surface area (Å²) in [6.45, 7) is 7.28. The van der Waals surface area contributed by atoms with Crippen LogP contribution in [0.25, 0.3) is 0 Å². The molecule has 2 N–H and O–H groups in total. The minimum absolute atomic E-state index is 0.374. The van der Waals surface area contributed by atoms with Crippen LogP contribution in [-0.2, 0) is 15.9 Å². The highest BCUT2D eigenvalue weighted by Crippen LogP contribution is 2.40. The maximum Gasteiger partial charge on any atom is 0.190 e. The van der Waals surface area contributed by atoms with Gasteiger partial charge in [-0.1, -0.05) is 43.2 Å². The molecule has 0 aromatic heterocycles. The van der Waals surface area contributed by atoms with E-state index in [2.05, 4.69) is 52.9 Å². The molecule has 1 aromatic rings. The van der Waals surface area contributed by atoms with Crippen molar-refractivity contribution in [3.63, 3.8) is 0 Å². The Bertz CT molecular complexity index is 557. The van der Waals surface area contributed by atoms with Crippen LogP contribution in [0.3, 0.4) is 0 Å². The zero-order chi connectivity index (χ0) is 20.6. The number of unbranched alkanes of at least 4 members (excludes halogenated alkanes) is 1. The third-order valence-corrected chi connectivity index (χ3v) is 5.89. The summed E-state index contributed by atoms with van der Waals surface area (Å²) in [5.41, 5.74) is 1.71. The van der Waals surface area contributed by atoms with Crippen molar-refractivity contribution in [1.29, 1.82) is 0 Å². The van der Waals surface area contributed by atoms with Crippen LogP contribution in [0.15, 0.2) is 35.3 Å². The van der Waals surface area contributed by atoms with Crippen LogP contribution in [0.2, 0.25) is 0 Å². The zero-order valence-corrected chi connectivity index (χ0v) is 18.5. The molecule has 0 spiro atoms. The Balaban J connectivity index is 1.53. The number of hydrogen-bond acceptors (Lipinski definition) is 3. The van der Waals surface area contributed by atoms with Gasteiger partial charge in [0.2, 0.25) is 0 Å². The standard InChI is InChI=1S/C24H41N3O2/c1-3-28-20-16-24(14-7-8-15-24)21-27-23(25-2)26-17-9-10-18-29-19-13-22-11-5-4-6-12-22/h4-6,11-12H,3,7-10,13-21H2,1-2H3,(H2,25,26,27). The molecule has 29 heavy (non-hydrogen) atoms. The van der Waals surface area contributed by atoms with Gasteiger partial charge in [0.15, 0.2) is 5.96 Å². The number of guanidine groups is 1. The van der Waals surface area contributed by atoms with Gasteiger partial charge in [-0.25, -0.2) is 0 Å². The summed E-state index contributed by atoms with van der Waals surface area (Å²) in [5, 5.41) is 7.01. The van der Waals surface area contributed by atoms with Crippen LogP contribution in [0.4, 0.5) is 0 Å². The number of nitrogens with one attached hydrogen (secondary N) is 2. The Hall–Kier alpha value is -1.59. The maximum absolute atomic E-state index is 5.76. The van der Waals surface area contributed by atoms with E-state index in [1.54, 1.807) is 0 Å². The van der Waals surface area contributed by atoms with E-state index in [0.717, 1.165) is 71.2 Å². The van der Waals surface area contributed by atoms with Crippen molar-refractivity contribution in [1.82, 2.24) is 10.6 Å². The lowest BCUT2D eigenvalue weighted by molar-refractivity contribution is 0.105. The molecule has 2 rings (SSSR count). The normalized spacial score (nSPS) is 16.1. The fraction of sp³-hybridized carbons (Fsp3) is 0.708. The molecule has 1 aliphatic carbocycles. The molecule has 5 heteroatoms. The Morgan fingerprint density at radius 3 is 2.52 bits per heavy atom. The molecule has 164 valence electrons. The van der Waals surface area contributed by atoms with Gasteiger partial charge in [-0.2, -0.15) is 0 Å². The highest BCUT2D eigenvalue weighted by Gasteiger charge is 2.33. The number of hydrogen-bond donors (Lipinski definition) is 2. The van der Waals surface area contributed by atoms with E-state index >= 15 is 0 Å². The number of nitrogens with zero attached hydrogens (tertiary/aromatic N) is 1. The highest BCUT2D eigenvalue weighted by molar-refractivity contribution is 5.79. The molecular formula is C24H41N3O2. The number of aliphatic imine (C=N–C) groups is 1. The van der Waals surface area contributed by atoms with Crippen LogP contribution in [0, 0.1) is 5.41 Å². The van der Waals surface area contributed by atoms with Crippen molar-refractivity contribution in [2.45, 2.75) is 58.3 Å². The van der Waals surface area contributed by atoms with E-state index in [-0.39, 0.29) is 0 Å². The summed E-state index contributed by atoms with van der Waals surface area (Å²) in [7, 11) is 1.85. The van der Waals surface area contributed by atoms with Gasteiger partial charge < -0.3 is 20.1 Å². The van der Waals surface area contributed by atoms with Crippen LogP contribution < -0.4 is 10.6 Å². The molecular weight excluding hydrogens is 362 g/mol. The second-order valence-electron chi connectivity index (χ2n) is 8.06. The molecule has 0 radical (unpaired) electrons. The molecule has 0 aliphatic heterocycles. The van der Waals surface area contributed by atoms with Crippen molar-refractivity contribution in [3.8, 4) is 0 Å². The summed E-state index contributed by atoms with van der Waals surface area (Å²) >= 11 is 0. The molecule has 0 bridgehead atoms. The van der Waals surface area contributed by atoms with E-state index in [0.29, 0.717) is 5.41 Å². The molecule has 1 aromatic carbocycles. The fourth-order valence-electron chi connectivity index (χ4n) is 4.04. The second kappa shape index (κ2) is 14.4. The molecule has 0 atom stereocenters. The lowest BCUT2D eigenvalue weighted by Crippen LogP contribution is -2.43. The minimum atomic E-state index is 0.374. The van der Waals surface area contributed by atoms with Gasteiger partial charge in [-0.05, 0) is 56.4 Å². The molecule has 1 aliphatic rings. The lowest BCUT2D eigenvalue weighted by Gasteiger charge is -2.30. The average molecular weight is 404 g/mol. The first-order valence-corrected chi connectivity index (χ1v) is 11.4. The van der Waals surface area contributed by atoms with Crippen molar-refractivity contribution < 1.29 is 9.47 Å². The Kier molecular flexibility index (Phi) is 11.8. The molecule has 1 saturated carbocycles. The summed E-state index contributed by atoms with van der Waals surface area (Å²) < 4.78 is 11.4. The lowest BCUT2D eigenvalue weighted by atomic mass is 9.83. The largest absolute Gasteiger partial charge is 0.382 e. The number of benzene rings is 1.